The van der Waals surface area contributed by atoms with E-state index in [2.05, 4.69) is 21.2 Å². The first kappa shape index (κ1) is 12.1. The molecule has 0 aliphatic carbocycles. The Morgan fingerprint density at radius 1 is 1.67 bits per heavy atom. The van der Waals surface area contributed by atoms with Crippen LogP contribution >= 0.6 is 15.9 Å². The standard InChI is InChI=1S/C10H12BrFN2O/c1-6(5-13)14-10(15)9-7(11)3-2-4-8(9)12/h2-4,6H,5,13H2,1H3,(H,14,15)/t6-/m0/s1. The van der Waals surface area contributed by atoms with Gasteiger partial charge in [-0.3, -0.25) is 4.79 Å². The number of nitrogens with one attached hydrogen (secondary N) is 1. The summed E-state index contributed by atoms with van der Waals surface area (Å²) in [5, 5.41) is 2.59. The van der Waals surface area contributed by atoms with Crippen LogP contribution in [0.25, 0.3) is 0 Å². The highest BCUT2D eigenvalue weighted by Crippen LogP contribution is 2.19. The molecule has 0 bridgehead atoms. The molecule has 3 N–H and O–H groups in total. The summed E-state index contributed by atoms with van der Waals surface area (Å²) in [6, 6.07) is 4.21. The van der Waals surface area contributed by atoms with E-state index in [0.717, 1.165) is 0 Å². The number of carbonyl (C=O) groups excluding carboxylic acids is 1. The van der Waals surface area contributed by atoms with Crippen LogP contribution in [0.4, 0.5) is 4.39 Å². The topological polar surface area (TPSA) is 55.1 Å². The lowest BCUT2D eigenvalue weighted by atomic mass is 10.2. The van der Waals surface area contributed by atoms with Crippen molar-refractivity contribution in [3.8, 4) is 0 Å². The summed E-state index contributed by atoms with van der Waals surface area (Å²) in [6.45, 7) is 2.07. The van der Waals surface area contributed by atoms with E-state index in [0.29, 0.717) is 11.0 Å². The summed E-state index contributed by atoms with van der Waals surface area (Å²) in [7, 11) is 0. The molecule has 0 saturated carbocycles. The first-order valence-corrected chi connectivity index (χ1v) is 5.30. The average molecular weight is 275 g/mol. The van der Waals surface area contributed by atoms with Gasteiger partial charge in [0.25, 0.3) is 5.91 Å². The molecule has 0 unspecified atom stereocenters. The third-order valence-corrected chi connectivity index (χ3v) is 2.58. The molecule has 0 spiro atoms. The molecule has 1 aromatic carbocycles. The maximum Gasteiger partial charge on any atom is 0.255 e. The van der Waals surface area contributed by atoms with Crippen molar-refractivity contribution >= 4 is 21.8 Å². The van der Waals surface area contributed by atoms with Gasteiger partial charge in [0.05, 0.1) is 5.56 Å². The SMILES string of the molecule is C[C@@H](CN)NC(=O)c1c(F)cccc1Br. The molecule has 0 saturated heterocycles. The Hall–Kier alpha value is -0.940. The second-order valence-corrected chi connectivity index (χ2v) is 4.06. The van der Waals surface area contributed by atoms with E-state index < -0.39 is 11.7 Å². The molecule has 1 rings (SSSR count). The van der Waals surface area contributed by atoms with Crippen molar-refractivity contribution in [2.75, 3.05) is 6.54 Å². The second kappa shape index (κ2) is 5.23. The van der Waals surface area contributed by atoms with Gasteiger partial charge < -0.3 is 11.1 Å². The summed E-state index contributed by atoms with van der Waals surface area (Å²) in [4.78, 5) is 11.6. The van der Waals surface area contributed by atoms with Gasteiger partial charge in [0.1, 0.15) is 5.82 Å². The minimum Gasteiger partial charge on any atom is -0.348 e. The Morgan fingerprint density at radius 2 is 2.33 bits per heavy atom. The molecule has 1 aromatic rings. The molecule has 15 heavy (non-hydrogen) atoms. The van der Waals surface area contributed by atoms with Crippen LogP contribution in [0, 0.1) is 5.82 Å². The Labute approximate surface area is 96.0 Å². The van der Waals surface area contributed by atoms with Gasteiger partial charge in [0.2, 0.25) is 0 Å². The van der Waals surface area contributed by atoms with Gasteiger partial charge in [-0.2, -0.15) is 0 Å². The van der Waals surface area contributed by atoms with E-state index in [4.69, 9.17) is 5.73 Å². The summed E-state index contributed by atoms with van der Waals surface area (Å²) >= 11 is 3.13. The van der Waals surface area contributed by atoms with Crippen molar-refractivity contribution in [1.82, 2.24) is 5.32 Å². The number of nitrogens with two attached hydrogens (primary N) is 1. The highest BCUT2D eigenvalue weighted by molar-refractivity contribution is 9.10. The van der Waals surface area contributed by atoms with Gasteiger partial charge in [-0.15, -0.1) is 0 Å². The fourth-order valence-electron chi connectivity index (χ4n) is 1.07. The normalized spacial score (nSPS) is 12.3. The smallest absolute Gasteiger partial charge is 0.255 e. The second-order valence-electron chi connectivity index (χ2n) is 3.21. The third-order valence-electron chi connectivity index (χ3n) is 1.92. The lowest BCUT2D eigenvalue weighted by Crippen LogP contribution is -2.38. The Balaban J connectivity index is 2.91. The number of halogens is 2. The molecule has 0 aliphatic heterocycles. The molecular formula is C10H12BrFN2O. The Kier molecular flexibility index (Phi) is 4.23. The van der Waals surface area contributed by atoms with Gasteiger partial charge in [-0.05, 0) is 35.0 Å². The van der Waals surface area contributed by atoms with E-state index in [-0.39, 0.29) is 11.6 Å². The molecule has 82 valence electrons. The number of benzene rings is 1. The number of hydrogen-bond donors (Lipinski definition) is 2. The van der Waals surface area contributed by atoms with Crippen LogP contribution < -0.4 is 11.1 Å². The number of carbonyl (C=O) groups is 1. The van der Waals surface area contributed by atoms with Crippen molar-refractivity contribution in [2.45, 2.75) is 13.0 Å². The highest BCUT2D eigenvalue weighted by atomic mass is 79.9. The average Bonchev–Trinajstić information content (AvgIpc) is 2.17. The van der Waals surface area contributed by atoms with Crippen LogP contribution in [0.5, 0.6) is 0 Å². The molecule has 0 heterocycles. The van der Waals surface area contributed by atoms with Crippen molar-refractivity contribution < 1.29 is 9.18 Å². The van der Waals surface area contributed by atoms with E-state index in [1.54, 1.807) is 13.0 Å². The minimum atomic E-state index is -0.550. The summed E-state index contributed by atoms with van der Waals surface area (Å²) < 4.78 is 13.8. The van der Waals surface area contributed by atoms with Crippen LogP contribution in [-0.2, 0) is 0 Å². The van der Waals surface area contributed by atoms with Crippen LogP contribution in [-0.4, -0.2) is 18.5 Å². The van der Waals surface area contributed by atoms with Crippen molar-refractivity contribution in [1.29, 1.82) is 0 Å². The van der Waals surface area contributed by atoms with Crippen molar-refractivity contribution in [3.05, 3.63) is 34.1 Å². The van der Waals surface area contributed by atoms with Crippen LogP contribution in [0.15, 0.2) is 22.7 Å². The first-order chi connectivity index (χ1) is 7.06. The van der Waals surface area contributed by atoms with Gasteiger partial charge in [-0.25, -0.2) is 4.39 Å². The molecule has 3 nitrogen and oxygen atoms in total. The van der Waals surface area contributed by atoms with Gasteiger partial charge in [0, 0.05) is 17.1 Å². The zero-order chi connectivity index (χ0) is 11.4. The van der Waals surface area contributed by atoms with E-state index in [9.17, 15) is 9.18 Å². The molecule has 0 fully saturated rings. The zero-order valence-corrected chi connectivity index (χ0v) is 9.84. The minimum absolute atomic E-state index is 0.0119. The van der Waals surface area contributed by atoms with E-state index in [1.807, 2.05) is 0 Å². The van der Waals surface area contributed by atoms with Crippen molar-refractivity contribution in [2.24, 2.45) is 5.73 Å². The predicted molar refractivity (Wildman–Crippen MR) is 60.1 cm³/mol. The first-order valence-electron chi connectivity index (χ1n) is 4.51. The van der Waals surface area contributed by atoms with E-state index in [1.165, 1.54) is 12.1 Å². The summed E-state index contributed by atoms with van der Waals surface area (Å²) in [5.41, 5.74) is 5.37. The fraction of sp³-hybridized carbons (Fsp3) is 0.300. The fourth-order valence-corrected chi connectivity index (χ4v) is 1.59. The Bertz CT molecular complexity index is 350. The largest absolute Gasteiger partial charge is 0.348 e. The number of hydrogen-bond acceptors (Lipinski definition) is 2. The van der Waals surface area contributed by atoms with Gasteiger partial charge in [-0.1, -0.05) is 6.07 Å². The number of rotatable bonds is 3. The maximum atomic E-state index is 13.3. The molecule has 1 amide bonds. The summed E-state index contributed by atoms with van der Waals surface area (Å²) in [6.07, 6.45) is 0. The molecule has 1 atom stereocenters. The lowest BCUT2D eigenvalue weighted by molar-refractivity contribution is 0.0936. The monoisotopic (exact) mass is 274 g/mol. The molecule has 0 aromatic heterocycles. The van der Waals surface area contributed by atoms with Crippen LogP contribution in [0.1, 0.15) is 17.3 Å². The molecule has 5 heteroatoms. The maximum absolute atomic E-state index is 13.3. The van der Waals surface area contributed by atoms with E-state index >= 15 is 0 Å². The Morgan fingerprint density at radius 3 is 2.87 bits per heavy atom. The van der Waals surface area contributed by atoms with Gasteiger partial charge in [0.15, 0.2) is 0 Å². The zero-order valence-electron chi connectivity index (χ0n) is 8.26. The summed E-state index contributed by atoms with van der Waals surface area (Å²) in [5.74, 6) is -1.01. The molecule has 0 radical (unpaired) electrons. The van der Waals surface area contributed by atoms with Crippen LogP contribution in [0.2, 0.25) is 0 Å². The number of amides is 1. The van der Waals surface area contributed by atoms with Crippen LogP contribution in [0.3, 0.4) is 0 Å². The highest BCUT2D eigenvalue weighted by Gasteiger charge is 2.16. The predicted octanol–water partition coefficient (Wildman–Crippen LogP) is 1.67. The molecule has 0 aliphatic rings. The molecular weight excluding hydrogens is 263 g/mol. The quantitative estimate of drug-likeness (QED) is 0.881. The van der Waals surface area contributed by atoms with Gasteiger partial charge >= 0.3 is 0 Å². The lowest BCUT2D eigenvalue weighted by Gasteiger charge is -2.12. The van der Waals surface area contributed by atoms with Crippen molar-refractivity contribution in [3.63, 3.8) is 0 Å². The third kappa shape index (κ3) is 3.00.